The lowest BCUT2D eigenvalue weighted by Crippen LogP contribution is -2.57. The fourth-order valence-electron chi connectivity index (χ4n) is 2.99. The average Bonchev–Trinajstić information content (AvgIpc) is 2.71. The molecule has 1 aromatic carbocycles. The molecule has 2 amide bonds. The van der Waals surface area contributed by atoms with Gasteiger partial charge < -0.3 is 25.8 Å². The fourth-order valence-corrected chi connectivity index (χ4v) is 2.99. The Kier molecular flexibility index (Phi) is 8.52. The molecule has 5 N–H and O–H groups in total. The molecule has 2 rings (SSSR count). The molecule has 0 aliphatic heterocycles. The maximum absolute atomic E-state index is 12.7. The number of nitrogens with one attached hydrogen (secondary N) is 2. The largest absolute Gasteiger partial charge is 0.475 e. The third-order valence-electron chi connectivity index (χ3n) is 4.52. The summed E-state index contributed by atoms with van der Waals surface area (Å²) in [7, 11) is -1.76. The molecule has 0 radical (unpaired) electrons. The molecule has 3 atom stereocenters. The Morgan fingerprint density at radius 3 is 2.23 bits per heavy atom. The van der Waals surface area contributed by atoms with Crippen molar-refractivity contribution in [3.63, 3.8) is 0 Å². The summed E-state index contributed by atoms with van der Waals surface area (Å²) < 4.78 is 0. The summed E-state index contributed by atoms with van der Waals surface area (Å²) in [6.07, 6.45) is -0.883. The first-order valence-electron chi connectivity index (χ1n) is 9.87. The Morgan fingerprint density at radius 2 is 1.67 bits per heavy atom. The van der Waals surface area contributed by atoms with Gasteiger partial charge in [0.15, 0.2) is 0 Å². The maximum atomic E-state index is 12.7. The van der Waals surface area contributed by atoms with Crippen LogP contribution in [0.15, 0.2) is 48.5 Å². The predicted molar refractivity (Wildman–Crippen MR) is 114 cm³/mol. The van der Waals surface area contributed by atoms with Crippen LogP contribution in [-0.4, -0.2) is 57.2 Å². The second-order valence-electron chi connectivity index (χ2n) is 7.62. The number of benzene rings is 1. The van der Waals surface area contributed by atoms with E-state index in [-0.39, 0.29) is 11.6 Å². The smallest absolute Gasteiger partial charge is 0.426 e. The molecular formula is C21H28BN3O5. The van der Waals surface area contributed by atoms with Crippen LogP contribution in [0.25, 0.3) is 11.3 Å². The van der Waals surface area contributed by atoms with E-state index in [0.29, 0.717) is 12.1 Å². The first-order valence-corrected chi connectivity index (χ1v) is 9.87. The number of rotatable bonds is 9. The molecule has 30 heavy (non-hydrogen) atoms. The molecule has 0 bridgehead atoms. The Morgan fingerprint density at radius 1 is 1.00 bits per heavy atom. The molecule has 1 heterocycles. The summed E-state index contributed by atoms with van der Waals surface area (Å²) in [5.74, 6) is -2.16. The van der Waals surface area contributed by atoms with E-state index >= 15 is 0 Å². The summed E-state index contributed by atoms with van der Waals surface area (Å²) in [6.45, 7) is 5.12. The molecule has 1 aromatic heterocycles. The van der Waals surface area contributed by atoms with E-state index < -0.39 is 37.0 Å². The molecule has 0 saturated heterocycles. The third-order valence-corrected chi connectivity index (χ3v) is 4.52. The molecular weight excluding hydrogens is 385 g/mol. The van der Waals surface area contributed by atoms with Crippen molar-refractivity contribution in [2.45, 2.75) is 45.3 Å². The molecule has 0 fully saturated rings. The van der Waals surface area contributed by atoms with Crippen LogP contribution in [0.3, 0.4) is 0 Å². The Hall–Kier alpha value is -2.75. The van der Waals surface area contributed by atoms with Crippen molar-refractivity contribution >= 4 is 18.9 Å². The van der Waals surface area contributed by atoms with Crippen LogP contribution in [0.4, 0.5) is 0 Å². The molecule has 8 nitrogen and oxygen atoms in total. The van der Waals surface area contributed by atoms with Gasteiger partial charge in [-0.15, -0.1) is 0 Å². The number of carbonyl (C=O) groups excluding carboxylic acids is 2. The predicted octanol–water partition coefficient (Wildman–Crippen LogP) is 0.771. The van der Waals surface area contributed by atoms with Crippen LogP contribution in [0.2, 0.25) is 0 Å². The summed E-state index contributed by atoms with van der Waals surface area (Å²) in [6, 6.07) is 13.0. The molecule has 9 heteroatoms. The Balaban J connectivity index is 2.14. The number of aliphatic hydroxyl groups is 1. The number of hydrogen-bond donors (Lipinski definition) is 5. The highest BCUT2D eigenvalue weighted by Crippen LogP contribution is 2.16. The Labute approximate surface area is 176 Å². The van der Waals surface area contributed by atoms with Gasteiger partial charge in [-0.2, -0.15) is 0 Å². The number of aromatic nitrogens is 1. The molecule has 160 valence electrons. The molecule has 0 aliphatic carbocycles. The zero-order valence-electron chi connectivity index (χ0n) is 17.3. The highest BCUT2D eigenvalue weighted by atomic mass is 16.4. The second kappa shape index (κ2) is 10.9. The van der Waals surface area contributed by atoms with Crippen LogP contribution in [0, 0.1) is 5.92 Å². The van der Waals surface area contributed by atoms with Crippen molar-refractivity contribution in [2.24, 2.45) is 5.92 Å². The van der Waals surface area contributed by atoms with Gasteiger partial charge in [0.25, 0.3) is 5.91 Å². The molecule has 0 saturated carbocycles. The highest BCUT2D eigenvalue weighted by Gasteiger charge is 2.32. The van der Waals surface area contributed by atoms with Crippen LogP contribution in [0.5, 0.6) is 0 Å². The quantitative estimate of drug-likeness (QED) is 0.386. The first-order chi connectivity index (χ1) is 14.2. The zero-order valence-corrected chi connectivity index (χ0v) is 17.3. The standard InChI is InChI=1S/C21H28BN3O5/c1-13(2)12-18(22(29)30)24-21(28)19(14(3)26)25-20(27)17-11-7-10-16(23-17)15-8-5-4-6-9-15/h4-11,13-14,18-19,26,29-30H,12H2,1-3H3,(H,24,28)(H,25,27)/t14-,18-,19+/m1/s1. The zero-order chi connectivity index (χ0) is 22.3. The minimum absolute atomic E-state index is 0.0933. The van der Waals surface area contributed by atoms with Gasteiger partial charge in [-0.05, 0) is 31.4 Å². The van der Waals surface area contributed by atoms with E-state index in [4.69, 9.17) is 0 Å². The lowest BCUT2D eigenvalue weighted by molar-refractivity contribution is -0.125. The van der Waals surface area contributed by atoms with E-state index in [1.54, 1.807) is 12.1 Å². The van der Waals surface area contributed by atoms with Crippen molar-refractivity contribution in [3.05, 3.63) is 54.2 Å². The van der Waals surface area contributed by atoms with Crippen molar-refractivity contribution in [1.29, 1.82) is 0 Å². The van der Waals surface area contributed by atoms with E-state index in [1.165, 1.54) is 13.0 Å². The van der Waals surface area contributed by atoms with E-state index in [2.05, 4.69) is 15.6 Å². The lowest BCUT2D eigenvalue weighted by atomic mass is 9.75. The van der Waals surface area contributed by atoms with E-state index in [0.717, 1.165) is 5.56 Å². The van der Waals surface area contributed by atoms with Crippen LogP contribution in [-0.2, 0) is 4.79 Å². The monoisotopic (exact) mass is 413 g/mol. The Bertz CT molecular complexity index is 846. The fraction of sp³-hybridized carbons (Fsp3) is 0.381. The van der Waals surface area contributed by atoms with Crippen LogP contribution < -0.4 is 10.6 Å². The molecule has 0 unspecified atom stereocenters. The summed E-state index contributed by atoms with van der Waals surface area (Å²) in [5.41, 5.74) is 1.53. The van der Waals surface area contributed by atoms with E-state index in [1.807, 2.05) is 44.2 Å². The minimum Gasteiger partial charge on any atom is -0.426 e. The topological polar surface area (TPSA) is 132 Å². The van der Waals surface area contributed by atoms with Crippen LogP contribution in [0.1, 0.15) is 37.7 Å². The van der Waals surface area contributed by atoms with Gasteiger partial charge in [-0.1, -0.05) is 50.2 Å². The summed E-state index contributed by atoms with van der Waals surface area (Å²) in [4.78, 5) is 29.6. The van der Waals surface area contributed by atoms with Crippen molar-refractivity contribution in [1.82, 2.24) is 15.6 Å². The number of amides is 2. The second-order valence-corrected chi connectivity index (χ2v) is 7.62. The normalized spacial score (nSPS) is 14.0. The summed E-state index contributed by atoms with van der Waals surface area (Å²) >= 11 is 0. The number of pyridine rings is 1. The highest BCUT2D eigenvalue weighted by molar-refractivity contribution is 6.43. The van der Waals surface area contributed by atoms with Crippen molar-refractivity contribution in [3.8, 4) is 11.3 Å². The lowest BCUT2D eigenvalue weighted by Gasteiger charge is -2.25. The van der Waals surface area contributed by atoms with Crippen molar-refractivity contribution < 1.29 is 24.7 Å². The first kappa shape index (κ1) is 23.5. The van der Waals surface area contributed by atoms with Gasteiger partial charge in [0, 0.05) is 5.56 Å². The average molecular weight is 413 g/mol. The molecule has 0 aliphatic rings. The van der Waals surface area contributed by atoms with Gasteiger partial charge >= 0.3 is 7.12 Å². The van der Waals surface area contributed by atoms with Crippen molar-refractivity contribution in [2.75, 3.05) is 0 Å². The van der Waals surface area contributed by atoms with Gasteiger partial charge in [0.2, 0.25) is 5.91 Å². The van der Waals surface area contributed by atoms with Gasteiger partial charge in [-0.3, -0.25) is 9.59 Å². The van der Waals surface area contributed by atoms with Gasteiger partial charge in [0.1, 0.15) is 11.7 Å². The minimum atomic E-state index is -1.76. The number of aliphatic hydroxyl groups excluding tert-OH is 1. The summed E-state index contributed by atoms with van der Waals surface area (Å²) in [5, 5.41) is 34.0. The third kappa shape index (κ3) is 6.65. The molecule has 0 spiro atoms. The van der Waals surface area contributed by atoms with Crippen LogP contribution >= 0.6 is 0 Å². The van der Waals surface area contributed by atoms with E-state index in [9.17, 15) is 24.7 Å². The maximum Gasteiger partial charge on any atom is 0.475 e. The van der Waals surface area contributed by atoms with Gasteiger partial charge in [-0.25, -0.2) is 4.98 Å². The number of nitrogens with zero attached hydrogens (tertiary/aromatic N) is 1. The van der Waals surface area contributed by atoms with Gasteiger partial charge in [0.05, 0.1) is 17.7 Å². The molecule has 2 aromatic rings. The number of hydrogen-bond acceptors (Lipinski definition) is 6. The SMILES string of the molecule is CC(C)C[C@@H](NC(=O)[C@@H](NC(=O)c1cccc(-c2ccccc2)n1)[C@@H](C)O)B(O)O. The number of carbonyl (C=O) groups is 2.